The Morgan fingerprint density at radius 1 is 1.00 bits per heavy atom. The number of hydrogen-bond donors (Lipinski definition) is 2. The summed E-state index contributed by atoms with van der Waals surface area (Å²) < 4.78 is 0. The Labute approximate surface area is 108 Å². The minimum absolute atomic E-state index is 0.462. The highest BCUT2D eigenvalue weighted by atomic mass is 14.9. The summed E-state index contributed by atoms with van der Waals surface area (Å²) >= 11 is 0. The van der Waals surface area contributed by atoms with Gasteiger partial charge in [0, 0.05) is 18.1 Å². The summed E-state index contributed by atoms with van der Waals surface area (Å²) in [5.41, 5.74) is 1.34. The molecule has 2 N–H and O–H groups in total. The van der Waals surface area contributed by atoms with Gasteiger partial charge in [-0.05, 0) is 25.3 Å². The van der Waals surface area contributed by atoms with E-state index in [2.05, 4.69) is 58.8 Å². The Morgan fingerprint density at radius 2 is 1.59 bits per heavy atom. The molecule has 1 unspecified atom stereocenters. The molecule has 1 atom stereocenters. The highest BCUT2D eigenvalue weighted by Crippen LogP contribution is 2.16. The van der Waals surface area contributed by atoms with Crippen LogP contribution in [0.3, 0.4) is 0 Å². The summed E-state index contributed by atoms with van der Waals surface area (Å²) in [6, 6.07) is 1.57. The standard InChI is InChI=1S/C15H32N2/c1-11(2)14(7)15(17-13(5)6)9-8-10-16-12(3)4/h11-13,15-17H,7-10H2,1-6H3. The molecule has 2 nitrogen and oxygen atoms in total. The van der Waals surface area contributed by atoms with Crippen LogP contribution in [0.25, 0.3) is 0 Å². The van der Waals surface area contributed by atoms with Crippen molar-refractivity contribution in [2.45, 2.75) is 72.5 Å². The summed E-state index contributed by atoms with van der Waals surface area (Å²) in [5.74, 6) is 0.560. The maximum absolute atomic E-state index is 4.24. The molecular formula is C15H32N2. The van der Waals surface area contributed by atoms with Crippen molar-refractivity contribution in [2.24, 2.45) is 5.92 Å². The molecule has 0 heterocycles. The third-order valence-corrected chi connectivity index (χ3v) is 2.95. The molecule has 0 aromatic carbocycles. The smallest absolute Gasteiger partial charge is 0.0282 e. The summed E-state index contributed by atoms with van der Waals surface area (Å²) in [7, 11) is 0. The molecule has 0 bridgehead atoms. The van der Waals surface area contributed by atoms with Crippen LogP contribution >= 0.6 is 0 Å². The molecule has 0 aromatic heterocycles. The Balaban J connectivity index is 4.07. The molecule has 2 heteroatoms. The molecule has 0 saturated heterocycles. The summed E-state index contributed by atoms with van der Waals surface area (Å²) in [6.45, 7) is 18.6. The number of rotatable bonds is 9. The van der Waals surface area contributed by atoms with Crippen LogP contribution in [0.5, 0.6) is 0 Å². The van der Waals surface area contributed by atoms with Crippen LogP contribution in [-0.2, 0) is 0 Å². The van der Waals surface area contributed by atoms with E-state index < -0.39 is 0 Å². The highest BCUT2D eigenvalue weighted by Gasteiger charge is 2.15. The average molecular weight is 240 g/mol. The third kappa shape index (κ3) is 8.39. The molecule has 0 spiro atoms. The predicted octanol–water partition coefficient (Wildman–Crippen LogP) is 3.34. The highest BCUT2D eigenvalue weighted by molar-refractivity contribution is 5.08. The SMILES string of the molecule is C=C(C(C)C)C(CCCNC(C)C)NC(C)C. The van der Waals surface area contributed by atoms with Crippen molar-refractivity contribution in [1.29, 1.82) is 0 Å². The van der Waals surface area contributed by atoms with Crippen molar-refractivity contribution in [3.63, 3.8) is 0 Å². The fourth-order valence-corrected chi connectivity index (χ4v) is 1.88. The molecule has 0 aliphatic carbocycles. The maximum Gasteiger partial charge on any atom is 0.0282 e. The Bertz CT molecular complexity index is 207. The molecule has 0 aliphatic heterocycles. The molecule has 0 aliphatic rings. The van der Waals surface area contributed by atoms with Gasteiger partial charge < -0.3 is 10.6 Å². The first-order valence-corrected chi connectivity index (χ1v) is 7.02. The van der Waals surface area contributed by atoms with Crippen LogP contribution in [0.1, 0.15) is 54.4 Å². The van der Waals surface area contributed by atoms with Gasteiger partial charge in [-0.2, -0.15) is 0 Å². The van der Waals surface area contributed by atoms with Crippen LogP contribution in [0.2, 0.25) is 0 Å². The lowest BCUT2D eigenvalue weighted by Gasteiger charge is -2.26. The quantitative estimate of drug-likeness (QED) is 0.477. The largest absolute Gasteiger partial charge is 0.315 e. The van der Waals surface area contributed by atoms with Crippen molar-refractivity contribution in [2.75, 3.05) is 6.54 Å². The van der Waals surface area contributed by atoms with E-state index in [1.807, 2.05) is 0 Å². The lowest BCUT2D eigenvalue weighted by Crippen LogP contribution is -2.38. The second-order valence-corrected chi connectivity index (χ2v) is 5.85. The minimum atomic E-state index is 0.462. The normalized spacial score (nSPS) is 13.7. The molecule has 0 amide bonds. The van der Waals surface area contributed by atoms with E-state index in [1.165, 1.54) is 18.4 Å². The summed E-state index contributed by atoms with van der Waals surface area (Å²) in [4.78, 5) is 0. The van der Waals surface area contributed by atoms with Crippen LogP contribution in [-0.4, -0.2) is 24.7 Å². The van der Waals surface area contributed by atoms with Crippen LogP contribution in [0.4, 0.5) is 0 Å². The van der Waals surface area contributed by atoms with Crippen molar-refractivity contribution < 1.29 is 0 Å². The van der Waals surface area contributed by atoms with Gasteiger partial charge in [0.25, 0.3) is 0 Å². The number of nitrogens with one attached hydrogen (secondary N) is 2. The molecule has 0 rings (SSSR count). The minimum Gasteiger partial charge on any atom is -0.315 e. The molecular weight excluding hydrogens is 208 g/mol. The first kappa shape index (κ1) is 16.7. The van der Waals surface area contributed by atoms with Gasteiger partial charge in [-0.15, -0.1) is 0 Å². The Hall–Kier alpha value is -0.340. The monoisotopic (exact) mass is 240 g/mol. The molecule has 0 aromatic rings. The van der Waals surface area contributed by atoms with E-state index in [4.69, 9.17) is 0 Å². The van der Waals surface area contributed by atoms with Crippen molar-refractivity contribution in [3.8, 4) is 0 Å². The van der Waals surface area contributed by atoms with Crippen LogP contribution < -0.4 is 10.6 Å². The van der Waals surface area contributed by atoms with E-state index in [1.54, 1.807) is 0 Å². The lowest BCUT2D eigenvalue weighted by molar-refractivity contribution is 0.436. The molecule has 17 heavy (non-hydrogen) atoms. The van der Waals surface area contributed by atoms with Crippen LogP contribution in [0, 0.1) is 5.92 Å². The Morgan fingerprint density at radius 3 is 2.00 bits per heavy atom. The van der Waals surface area contributed by atoms with Crippen LogP contribution in [0.15, 0.2) is 12.2 Å². The van der Waals surface area contributed by atoms with E-state index in [-0.39, 0.29) is 0 Å². The molecule has 0 fully saturated rings. The van der Waals surface area contributed by atoms with Gasteiger partial charge in [0.05, 0.1) is 0 Å². The third-order valence-electron chi connectivity index (χ3n) is 2.95. The fourth-order valence-electron chi connectivity index (χ4n) is 1.88. The second-order valence-electron chi connectivity index (χ2n) is 5.85. The van der Waals surface area contributed by atoms with E-state index >= 15 is 0 Å². The maximum atomic E-state index is 4.24. The second kappa shape index (κ2) is 8.71. The van der Waals surface area contributed by atoms with Gasteiger partial charge in [-0.25, -0.2) is 0 Å². The Kier molecular flexibility index (Phi) is 8.53. The van der Waals surface area contributed by atoms with Gasteiger partial charge >= 0.3 is 0 Å². The van der Waals surface area contributed by atoms with Gasteiger partial charge in [0.1, 0.15) is 0 Å². The van der Waals surface area contributed by atoms with Gasteiger partial charge in [0.15, 0.2) is 0 Å². The molecule has 102 valence electrons. The average Bonchev–Trinajstić information content (AvgIpc) is 2.20. The van der Waals surface area contributed by atoms with Gasteiger partial charge in [-0.1, -0.05) is 53.7 Å². The van der Waals surface area contributed by atoms with E-state index in [0.717, 1.165) is 6.54 Å². The van der Waals surface area contributed by atoms with Gasteiger partial charge in [-0.3, -0.25) is 0 Å². The lowest BCUT2D eigenvalue weighted by atomic mass is 9.93. The zero-order chi connectivity index (χ0) is 13.4. The first-order chi connectivity index (χ1) is 7.84. The summed E-state index contributed by atoms with van der Waals surface area (Å²) in [5, 5.41) is 7.09. The zero-order valence-corrected chi connectivity index (χ0v) is 12.6. The zero-order valence-electron chi connectivity index (χ0n) is 12.6. The van der Waals surface area contributed by atoms with E-state index in [0.29, 0.717) is 24.0 Å². The summed E-state index contributed by atoms with van der Waals surface area (Å²) in [6.07, 6.45) is 2.38. The van der Waals surface area contributed by atoms with E-state index in [9.17, 15) is 0 Å². The van der Waals surface area contributed by atoms with Gasteiger partial charge in [0.2, 0.25) is 0 Å². The van der Waals surface area contributed by atoms with Crippen molar-refractivity contribution >= 4 is 0 Å². The fraction of sp³-hybridized carbons (Fsp3) is 0.867. The first-order valence-electron chi connectivity index (χ1n) is 7.02. The van der Waals surface area contributed by atoms with Crippen molar-refractivity contribution in [3.05, 3.63) is 12.2 Å². The molecule has 0 saturated carbocycles. The predicted molar refractivity (Wildman–Crippen MR) is 78.4 cm³/mol. The molecule has 0 radical (unpaired) electrons. The number of hydrogen-bond acceptors (Lipinski definition) is 2. The topological polar surface area (TPSA) is 24.1 Å². The van der Waals surface area contributed by atoms with Crippen molar-refractivity contribution in [1.82, 2.24) is 10.6 Å².